The first-order valence-electron chi connectivity index (χ1n) is 11.7. The van der Waals surface area contributed by atoms with Crippen LogP contribution in [-0.4, -0.2) is 41.0 Å². The van der Waals surface area contributed by atoms with Gasteiger partial charge in [-0.15, -0.1) is 0 Å². The Morgan fingerprint density at radius 2 is 1.65 bits per heavy atom. The van der Waals surface area contributed by atoms with Gasteiger partial charge in [-0.3, -0.25) is 9.80 Å². The summed E-state index contributed by atoms with van der Waals surface area (Å²) in [6.07, 6.45) is 0.953. The van der Waals surface area contributed by atoms with Gasteiger partial charge in [0.15, 0.2) is 0 Å². The second kappa shape index (κ2) is 9.74. The molecule has 1 fully saturated rings. The van der Waals surface area contributed by atoms with Gasteiger partial charge in [-0.2, -0.15) is 0 Å². The molecule has 1 aliphatic rings. The Hall–Kier alpha value is -2.93. The lowest BCUT2D eigenvalue weighted by Gasteiger charge is -2.34. The normalized spacial score (nSPS) is 15.3. The van der Waals surface area contributed by atoms with Gasteiger partial charge >= 0.3 is 5.63 Å². The second-order valence-electron chi connectivity index (χ2n) is 8.86. The third kappa shape index (κ3) is 4.94. The van der Waals surface area contributed by atoms with Crippen molar-refractivity contribution >= 4 is 22.6 Å². The Morgan fingerprint density at radius 1 is 0.941 bits per heavy atom. The molecule has 34 heavy (non-hydrogen) atoms. The summed E-state index contributed by atoms with van der Waals surface area (Å²) in [6.45, 7) is 9.32. The topological polar surface area (TPSA) is 62.7 Å². The van der Waals surface area contributed by atoms with E-state index in [0.29, 0.717) is 16.5 Å². The number of aryl methyl sites for hydroxylation is 2. The molecule has 0 aliphatic carbocycles. The number of benzene rings is 2. The summed E-state index contributed by atoms with van der Waals surface area (Å²) >= 11 is 6.00. The SMILES string of the molecule is CCc1ccc2oc(=O)cc(CN3CCN(Cc4nc(-c5ccc(Cl)cc5)oc4C)CC3)c2c1. The number of piperazine rings is 1. The lowest BCUT2D eigenvalue weighted by Crippen LogP contribution is -2.45. The van der Waals surface area contributed by atoms with E-state index in [1.165, 1.54) is 5.56 Å². The number of hydrogen-bond acceptors (Lipinski definition) is 6. The van der Waals surface area contributed by atoms with Crippen LogP contribution in [0.25, 0.3) is 22.4 Å². The minimum atomic E-state index is -0.289. The van der Waals surface area contributed by atoms with Crippen molar-refractivity contribution < 1.29 is 8.83 Å². The van der Waals surface area contributed by atoms with Crippen LogP contribution in [0, 0.1) is 6.92 Å². The van der Waals surface area contributed by atoms with E-state index in [4.69, 9.17) is 25.4 Å². The average molecular weight is 478 g/mol. The van der Waals surface area contributed by atoms with Crippen molar-refractivity contribution in [2.75, 3.05) is 26.2 Å². The van der Waals surface area contributed by atoms with Crippen molar-refractivity contribution in [3.63, 3.8) is 0 Å². The Balaban J connectivity index is 1.24. The zero-order valence-electron chi connectivity index (χ0n) is 19.5. The summed E-state index contributed by atoms with van der Waals surface area (Å²) in [5.74, 6) is 1.48. The Kier molecular flexibility index (Phi) is 6.55. The molecule has 1 saturated heterocycles. The molecule has 0 saturated carbocycles. The van der Waals surface area contributed by atoms with Gasteiger partial charge in [-0.05, 0) is 60.9 Å². The van der Waals surface area contributed by atoms with Crippen molar-refractivity contribution in [2.45, 2.75) is 33.4 Å². The molecule has 176 valence electrons. The maximum absolute atomic E-state index is 12.1. The second-order valence-corrected chi connectivity index (χ2v) is 9.29. The first-order valence-corrected chi connectivity index (χ1v) is 12.1. The van der Waals surface area contributed by atoms with E-state index in [2.05, 4.69) is 22.8 Å². The maximum atomic E-state index is 12.1. The quantitative estimate of drug-likeness (QED) is 0.351. The number of halogens is 1. The van der Waals surface area contributed by atoms with E-state index in [0.717, 1.165) is 73.7 Å². The van der Waals surface area contributed by atoms with Gasteiger partial charge in [-0.25, -0.2) is 9.78 Å². The minimum absolute atomic E-state index is 0.289. The molecule has 0 N–H and O–H groups in total. The minimum Gasteiger partial charge on any atom is -0.441 e. The standard InChI is InChI=1S/C27H28ClN3O3/c1-3-19-4-9-25-23(14-19)21(15-26(32)34-25)16-30-10-12-31(13-11-30)17-24-18(2)33-27(29-24)20-5-7-22(28)8-6-20/h4-9,14-15H,3,10-13,16-17H2,1-2H3. The molecule has 2 aromatic carbocycles. The number of nitrogens with zero attached hydrogens (tertiary/aromatic N) is 3. The predicted octanol–water partition coefficient (Wildman–Crippen LogP) is 5.29. The molecule has 6 nitrogen and oxygen atoms in total. The Bertz CT molecular complexity index is 1350. The zero-order chi connectivity index (χ0) is 23.7. The average Bonchev–Trinajstić information content (AvgIpc) is 3.20. The maximum Gasteiger partial charge on any atom is 0.336 e. The number of hydrogen-bond donors (Lipinski definition) is 0. The van der Waals surface area contributed by atoms with Crippen LogP contribution >= 0.6 is 11.6 Å². The molecule has 0 atom stereocenters. The molecule has 2 aromatic heterocycles. The molecular weight excluding hydrogens is 450 g/mol. The Labute approximate surface area is 203 Å². The summed E-state index contributed by atoms with van der Waals surface area (Å²) < 4.78 is 11.3. The summed E-state index contributed by atoms with van der Waals surface area (Å²) in [5, 5.41) is 1.73. The molecule has 7 heteroatoms. The van der Waals surface area contributed by atoms with Crippen LogP contribution in [0.1, 0.15) is 29.5 Å². The van der Waals surface area contributed by atoms with Crippen LogP contribution in [0.5, 0.6) is 0 Å². The lowest BCUT2D eigenvalue weighted by molar-refractivity contribution is 0.121. The van der Waals surface area contributed by atoms with Crippen LogP contribution in [0.2, 0.25) is 5.02 Å². The summed E-state index contributed by atoms with van der Waals surface area (Å²) in [7, 11) is 0. The van der Waals surface area contributed by atoms with Gasteiger partial charge in [0.05, 0.1) is 5.69 Å². The molecule has 0 radical (unpaired) electrons. The molecule has 5 rings (SSSR count). The fourth-order valence-electron chi connectivity index (χ4n) is 4.47. The third-order valence-electron chi connectivity index (χ3n) is 6.52. The van der Waals surface area contributed by atoms with E-state index in [-0.39, 0.29) is 5.63 Å². The molecule has 4 aromatic rings. The highest BCUT2D eigenvalue weighted by molar-refractivity contribution is 6.30. The first-order chi connectivity index (χ1) is 16.5. The molecule has 3 heterocycles. The van der Waals surface area contributed by atoms with E-state index >= 15 is 0 Å². The third-order valence-corrected chi connectivity index (χ3v) is 6.77. The van der Waals surface area contributed by atoms with E-state index in [1.54, 1.807) is 6.07 Å². The van der Waals surface area contributed by atoms with Gasteiger partial charge in [0.1, 0.15) is 11.3 Å². The highest BCUT2D eigenvalue weighted by Gasteiger charge is 2.21. The van der Waals surface area contributed by atoms with Crippen LogP contribution < -0.4 is 5.63 Å². The monoisotopic (exact) mass is 477 g/mol. The zero-order valence-corrected chi connectivity index (χ0v) is 20.3. The number of aromatic nitrogens is 1. The van der Waals surface area contributed by atoms with Crippen LogP contribution in [0.15, 0.2) is 62.2 Å². The molecule has 0 bridgehead atoms. The van der Waals surface area contributed by atoms with Gasteiger partial charge in [0.2, 0.25) is 5.89 Å². The molecule has 1 aliphatic heterocycles. The van der Waals surface area contributed by atoms with E-state index in [1.807, 2.05) is 43.3 Å². The van der Waals surface area contributed by atoms with Gasteiger partial charge in [0.25, 0.3) is 0 Å². The molecule has 0 amide bonds. The lowest BCUT2D eigenvalue weighted by atomic mass is 10.0. The number of oxazole rings is 1. The summed E-state index contributed by atoms with van der Waals surface area (Å²) in [4.78, 5) is 21.6. The summed E-state index contributed by atoms with van der Waals surface area (Å²) in [6, 6.07) is 15.3. The van der Waals surface area contributed by atoms with Gasteiger partial charge in [-0.1, -0.05) is 24.6 Å². The highest BCUT2D eigenvalue weighted by atomic mass is 35.5. The summed E-state index contributed by atoms with van der Waals surface area (Å²) in [5.41, 5.74) is 4.55. The van der Waals surface area contributed by atoms with Crippen LogP contribution in [-0.2, 0) is 19.5 Å². The Morgan fingerprint density at radius 3 is 2.35 bits per heavy atom. The van der Waals surface area contributed by atoms with Gasteiger partial charge < -0.3 is 8.83 Å². The highest BCUT2D eigenvalue weighted by Crippen LogP contribution is 2.25. The van der Waals surface area contributed by atoms with Crippen LogP contribution in [0.4, 0.5) is 0 Å². The molecule has 0 unspecified atom stereocenters. The number of rotatable bonds is 6. The molecule has 0 spiro atoms. The fraction of sp³-hybridized carbons (Fsp3) is 0.333. The predicted molar refractivity (Wildman–Crippen MR) is 134 cm³/mol. The first kappa shape index (κ1) is 22.8. The van der Waals surface area contributed by atoms with Crippen molar-refractivity contribution in [1.82, 2.24) is 14.8 Å². The largest absolute Gasteiger partial charge is 0.441 e. The van der Waals surface area contributed by atoms with Crippen molar-refractivity contribution in [3.8, 4) is 11.5 Å². The van der Waals surface area contributed by atoms with Crippen molar-refractivity contribution in [3.05, 3.63) is 86.6 Å². The smallest absolute Gasteiger partial charge is 0.336 e. The van der Waals surface area contributed by atoms with Crippen molar-refractivity contribution in [2.24, 2.45) is 0 Å². The van der Waals surface area contributed by atoms with Crippen molar-refractivity contribution in [1.29, 1.82) is 0 Å². The van der Waals surface area contributed by atoms with E-state index in [9.17, 15) is 4.79 Å². The van der Waals surface area contributed by atoms with Crippen LogP contribution in [0.3, 0.4) is 0 Å². The molecular formula is C27H28ClN3O3. The van der Waals surface area contributed by atoms with Gasteiger partial charge in [0, 0.05) is 61.3 Å². The fourth-order valence-corrected chi connectivity index (χ4v) is 4.60. The number of fused-ring (bicyclic) bond motifs is 1. The van der Waals surface area contributed by atoms with E-state index < -0.39 is 0 Å².